The topological polar surface area (TPSA) is 104 Å². The van der Waals surface area contributed by atoms with Crippen molar-refractivity contribution in [1.82, 2.24) is 14.1 Å². The predicted molar refractivity (Wildman–Crippen MR) is 116 cm³/mol. The van der Waals surface area contributed by atoms with Crippen LogP contribution in [0.2, 0.25) is 5.02 Å². The number of hydrogen-bond acceptors (Lipinski definition) is 7. The fraction of sp³-hybridized carbons (Fsp3) is 0.421. The highest BCUT2D eigenvalue weighted by atomic mass is 35.5. The van der Waals surface area contributed by atoms with Crippen molar-refractivity contribution in [2.75, 3.05) is 45.1 Å². The van der Waals surface area contributed by atoms with Gasteiger partial charge in [-0.2, -0.15) is 4.31 Å². The summed E-state index contributed by atoms with van der Waals surface area (Å²) in [6.07, 6.45) is 1.21. The lowest BCUT2D eigenvalue weighted by Gasteiger charge is -2.34. The molecule has 0 saturated carbocycles. The number of carbonyl (C=O) groups is 3. The standard InChI is InChI=1S/C19H22ClN3O6S2/c1-2-29-19(26)11-18-23(17(25)13-30-18)12-16(24)21-7-9-22(10-8-21)31(27,28)15-5-3-14(20)4-6-15/h3-6,11H,2,7-10,12-13H2,1H3/b18-11-. The number of rotatable bonds is 6. The van der Waals surface area contributed by atoms with E-state index in [9.17, 15) is 22.8 Å². The minimum absolute atomic E-state index is 0.144. The Labute approximate surface area is 190 Å². The largest absolute Gasteiger partial charge is 0.463 e. The third-order valence-electron chi connectivity index (χ3n) is 4.77. The van der Waals surface area contributed by atoms with Gasteiger partial charge < -0.3 is 9.64 Å². The maximum Gasteiger partial charge on any atom is 0.333 e. The number of piperazine rings is 1. The lowest BCUT2D eigenvalue weighted by atomic mass is 10.3. The second-order valence-electron chi connectivity index (χ2n) is 6.74. The summed E-state index contributed by atoms with van der Waals surface area (Å²) >= 11 is 7.00. The molecule has 0 bridgehead atoms. The van der Waals surface area contributed by atoms with Crippen molar-refractivity contribution in [2.45, 2.75) is 11.8 Å². The Morgan fingerprint density at radius 1 is 1.16 bits per heavy atom. The first-order chi connectivity index (χ1) is 14.7. The number of thioether (sulfide) groups is 1. The van der Waals surface area contributed by atoms with Crippen LogP contribution in [-0.2, 0) is 29.1 Å². The number of carbonyl (C=O) groups excluding carboxylic acids is 3. The first-order valence-electron chi connectivity index (χ1n) is 9.57. The minimum atomic E-state index is -3.68. The number of halogens is 1. The molecule has 0 aliphatic carbocycles. The highest BCUT2D eigenvalue weighted by Gasteiger charge is 2.33. The molecule has 3 rings (SSSR count). The smallest absolute Gasteiger partial charge is 0.333 e. The zero-order valence-corrected chi connectivity index (χ0v) is 19.2. The van der Waals surface area contributed by atoms with Gasteiger partial charge in [-0.05, 0) is 31.2 Å². The molecule has 2 aliphatic heterocycles. The zero-order chi connectivity index (χ0) is 22.6. The Morgan fingerprint density at radius 2 is 1.81 bits per heavy atom. The van der Waals surface area contributed by atoms with Crippen LogP contribution < -0.4 is 0 Å². The van der Waals surface area contributed by atoms with E-state index in [0.717, 1.165) is 0 Å². The van der Waals surface area contributed by atoms with E-state index in [1.54, 1.807) is 6.92 Å². The number of ether oxygens (including phenoxy) is 1. The highest BCUT2D eigenvalue weighted by Crippen LogP contribution is 2.29. The van der Waals surface area contributed by atoms with Crippen LogP contribution in [0.4, 0.5) is 0 Å². The molecule has 0 unspecified atom stereocenters. The van der Waals surface area contributed by atoms with Gasteiger partial charge in [-0.1, -0.05) is 23.4 Å². The van der Waals surface area contributed by atoms with E-state index in [0.29, 0.717) is 10.1 Å². The van der Waals surface area contributed by atoms with Crippen LogP contribution in [0.3, 0.4) is 0 Å². The van der Waals surface area contributed by atoms with Crippen molar-refractivity contribution < 1.29 is 27.5 Å². The van der Waals surface area contributed by atoms with Crippen LogP contribution in [0.15, 0.2) is 40.3 Å². The first kappa shape index (κ1) is 23.6. The van der Waals surface area contributed by atoms with Gasteiger partial charge in [0.1, 0.15) is 6.54 Å². The average Bonchev–Trinajstić information content (AvgIpc) is 3.07. The van der Waals surface area contributed by atoms with Crippen molar-refractivity contribution in [3.05, 3.63) is 40.4 Å². The lowest BCUT2D eigenvalue weighted by Crippen LogP contribution is -2.52. The number of amides is 2. The molecule has 31 heavy (non-hydrogen) atoms. The summed E-state index contributed by atoms with van der Waals surface area (Å²) in [5.41, 5.74) is 0. The molecule has 168 valence electrons. The van der Waals surface area contributed by atoms with E-state index < -0.39 is 16.0 Å². The molecule has 2 heterocycles. The third kappa shape index (κ3) is 5.59. The molecule has 2 aliphatic rings. The van der Waals surface area contributed by atoms with Crippen LogP contribution in [0.1, 0.15) is 6.92 Å². The quantitative estimate of drug-likeness (QED) is 0.438. The predicted octanol–water partition coefficient (Wildman–Crippen LogP) is 1.15. The van der Waals surface area contributed by atoms with Crippen LogP contribution in [0.25, 0.3) is 0 Å². The number of hydrogen-bond donors (Lipinski definition) is 0. The number of sulfonamides is 1. The van der Waals surface area contributed by atoms with Crippen molar-refractivity contribution in [3.8, 4) is 0 Å². The summed E-state index contributed by atoms with van der Waals surface area (Å²) in [6, 6.07) is 5.92. The van der Waals surface area contributed by atoms with Crippen LogP contribution in [0.5, 0.6) is 0 Å². The molecule has 2 amide bonds. The van der Waals surface area contributed by atoms with E-state index in [4.69, 9.17) is 16.3 Å². The summed E-state index contributed by atoms with van der Waals surface area (Å²) in [5, 5.41) is 0.820. The maximum absolute atomic E-state index is 12.8. The van der Waals surface area contributed by atoms with Crippen molar-refractivity contribution in [3.63, 3.8) is 0 Å². The molecule has 0 aromatic heterocycles. The van der Waals surface area contributed by atoms with Gasteiger partial charge in [0.25, 0.3) is 0 Å². The van der Waals surface area contributed by atoms with Gasteiger partial charge in [-0.3, -0.25) is 14.5 Å². The SMILES string of the molecule is CCOC(=O)/C=C1\SCC(=O)N1CC(=O)N1CCN(S(=O)(=O)c2ccc(Cl)cc2)CC1. The molecule has 12 heteroatoms. The van der Waals surface area contributed by atoms with E-state index in [1.807, 2.05) is 0 Å². The average molecular weight is 488 g/mol. The molecule has 0 atom stereocenters. The Kier molecular flexibility index (Phi) is 7.63. The molecule has 9 nitrogen and oxygen atoms in total. The van der Waals surface area contributed by atoms with Crippen LogP contribution in [-0.4, -0.2) is 85.4 Å². The fourth-order valence-electron chi connectivity index (χ4n) is 3.15. The van der Waals surface area contributed by atoms with Gasteiger partial charge in [0.05, 0.1) is 28.4 Å². The molecule has 1 aromatic rings. The summed E-state index contributed by atoms with van der Waals surface area (Å²) in [4.78, 5) is 39.5. The van der Waals surface area contributed by atoms with E-state index >= 15 is 0 Å². The monoisotopic (exact) mass is 487 g/mol. The van der Waals surface area contributed by atoms with Crippen molar-refractivity contribution in [1.29, 1.82) is 0 Å². The van der Waals surface area contributed by atoms with Gasteiger partial charge in [0.2, 0.25) is 21.8 Å². The minimum Gasteiger partial charge on any atom is -0.463 e. The molecular formula is C19H22ClN3O6S2. The maximum atomic E-state index is 12.8. The Hall–Kier alpha value is -2.08. The Balaban J connectivity index is 1.60. The Bertz CT molecular complexity index is 988. The van der Waals surface area contributed by atoms with Crippen molar-refractivity contribution >= 4 is 51.2 Å². The van der Waals surface area contributed by atoms with Gasteiger partial charge >= 0.3 is 5.97 Å². The second-order valence-corrected chi connectivity index (χ2v) is 10.1. The lowest BCUT2D eigenvalue weighted by molar-refractivity contribution is -0.139. The van der Waals surface area contributed by atoms with Crippen LogP contribution >= 0.6 is 23.4 Å². The molecule has 0 spiro atoms. The summed E-state index contributed by atoms with van der Waals surface area (Å²) < 4.78 is 31.7. The van der Waals surface area contributed by atoms with Gasteiger partial charge in [-0.15, -0.1) is 0 Å². The number of esters is 1. The summed E-state index contributed by atoms with van der Waals surface area (Å²) in [7, 11) is -3.68. The Morgan fingerprint density at radius 3 is 2.42 bits per heavy atom. The molecule has 1 aromatic carbocycles. The zero-order valence-electron chi connectivity index (χ0n) is 16.8. The molecular weight excluding hydrogens is 466 g/mol. The van der Waals surface area contributed by atoms with E-state index in [-0.39, 0.29) is 61.8 Å². The molecule has 2 saturated heterocycles. The van der Waals surface area contributed by atoms with Gasteiger partial charge in [0, 0.05) is 31.2 Å². The second kappa shape index (κ2) is 10.0. The van der Waals surface area contributed by atoms with Gasteiger partial charge in [-0.25, -0.2) is 13.2 Å². The number of nitrogens with zero attached hydrogens (tertiary/aromatic N) is 3. The van der Waals surface area contributed by atoms with Gasteiger partial charge in [0.15, 0.2) is 0 Å². The van der Waals surface area contributed by atoms with E-state index in [2.05, 4.69) is 0 Å². The highest BCUT2D eigenvalue weighted by molar-refractivity contribution is 8.04. The van der Waals surface area contributed by atoms with Crippen LogP contribution in [0, 0.1) is 0 Å². The summed E-state index contributed by atoms with van der Waals surface area (Å²) in [6.45, 7) is 2.38. The van der Waals surface area contributed by atoms with Crippen molar-refractivity contribution in [2.24, 2.45) is 0 Å². The fourth-order valence-corrected chi connectivity index (χ4v) is 5.63. The molecule has 2 fully saturated rings. The number of benzene rings is 1. The molecule has 0 radical (unpaired) electrons. The normalized spacial score (nSPS) is 19.2. The summed E-state index contributed by atoms with van der Waals surface area (Å²) in [5.74, 6) is -1.00. The van der Waals surface area contributed by atoms with E-state index in [1.165, 1.54) is 56.2 Å². The molecule has 0 N–H and O–H groups in total. The first-order valence-corrected chi connectivity index (χ1v) is 12.4. The third-order valence-corrected chi connectivity index (χ3v) is 7.96.